The monoisotopic (exact) mass is 439 g/mol. The van der Waals surface area contributed by atoms with E-state index in [9.17, 15) is 14.4 Å². The van der Waals surface area contributed by atoms with E-state index in [1.54, 1.807) is 24.3 Å². The topological polar surface area (TPSA) is 72.9 Å². The Labute approximate surface area is 151 Å². The lowest BCUT2D eigenvalue weighted by atomic mass is 9.77. The molecule has 0 aromatic heterocycles. The number of halogens is 1. The number of esters is 1. The largest absolute Gasteiger partial charge is 0.462 e. The Kier molecular flexibility index (Phi) is 3.54. The molecule has 3 aliphatic rings. The smallest absolute Gasteiger partial charge is 0.302 e. The summed E-state index contributed by atoms with van der Waals surface area (Å²) >= 11 is 2.17. The summed E-state index contributed by atoms with van der Waals surface area (Å²) in [6.07, 6.45) is 3.09. The van der Waals surface area contributed by atoms with Gasteiger partial charge in [0.1, 0.15) is 12.2 Å². The van der Waals surface area contributed by atoms with E-state index in [1.165, 1.54) is 11.8 Å². The number of hydrogen-bond donors (Lipinski definition) is 0. The maximum absolute atomic E-state index is 13.0. The third kappa shape index (κ3) is 2.14. The molecule has 4 rings (SSSR count). The Morgan fingerprint density at radius 3 is 2.67 bits per heavy atom. The molecule has 2 fully saturated rings. The summed E-state index contributed by atoms with van der Waals surface area (Å²) in [5.74, 6) is -2.22. The number of imide groups is 1. The van der Waals surface area contributed by atoms with E-state index in [2.05, 4.69) is 22.6 Å². The minimum atomic E-state index is -1.04. The number of amides is 2. The first kappa shape index (κ1) is 15.8. The zero-order valence-corrected chi connectivity index (χ0v) is 14.9. The van der Waals surface area contributed by atoms with Crippen molar-refractivity contribution in [3.8, 4) is 0 Å². The number of anilines is 1. The number of rotatable bonds is 3. The van der Waals surface area contributed by atoms with E-state index < -0.39 is 29.5 Å². The lowest BCUT2D eigenvalue weighted by Crippen LogP contribution is -2.44. The number of fused-ring (bicyclic) bond motifs is 5. The van der Waals surface area contributed by atoms with Crippen LogP contribution >= 0.6 is 22.6 Å². The summed E-state index contributed by atoms with van der Waals surface area (Å²) in [6, 6.07) is 7.21. The molecule has 0 saturated carbocycles. The standard InChI is InChI=1S/C17H14INO5/c1-9(20)23-8-17-7-6-12(24-17)13-14(17)16(22)19(15(13)21)11-4-2-10(18)3-5-11/h2-7,12-14H,8H2,1H3/t12-,13+,14+,17-/m1/s1. The van der Waals surface area contributed by atoms with Gasteiger partial charge in [0.15, 0.2) is 0 Å². The van der Waals surface area contributed by atoms with Gasteiger partial charge in [-0.15, -0.1) is 0 Å². The number of carbonyl (C=O) groups excluding carboxylic acids is 3. The van der Waals surface area contributed by atoms with Gasteiger partial charge in [0.2, 0.25) is 11.8 Å². The van der Waals surface area contributed by atoms with Crippen LogP contribution in [0, 0.1) is 15.4 Å². The van der Waals surface area contributed by atoms with Crippen molar-refractivity contribution in [3.63, 3.8) is 0 Å². The molecule has 1 aromatic carbocycles. The van der Waals surface area contributed by atoms with E-state index in [0.717, 1.165) is 3.57 Å². The van der Waals surface area contributed by atoms with Crippen LogP contribution in [0.15, 0.2) is 36.4 Å². The average molecular weight is 439 g/mol. The second-order valence-corrected chi connectivity index (χ2v) is 7.41. The van der Waals surface area contributed by atoms with E-state index in [0.29, 0.717) is 5.69 Å². The van der Waals surface area contributed by atoms with Crippen LogP contribution in [0.4, 0.5) is 5.69 Å². The minimum absolute atomic E-state index is 0.0595. The number of nitrogens with zero attached hydrogens (tertiary/aromatic N) is 1. The predicted octanol–water partition coefficient (Wildman–Crippen LogP) is 1.67. The van der Waals surface area contributed by atoms with Gasteiger partial charge in [0.05, 0.1) is 23.6 Å². The number of ether oxygens (including phenoxy) is 2. The van der Waals surface area contributed by atoms with Gasteiger partial charge in [0.25, 0.3) is 0 Å². The predicted molar refractivity (Wildman–Crippen MR) is 92.0 cm³/mol. The molecular weight excluding hydrogens is 425 g/mol. The molecule has 0 radical (unpaired) electrons. The molecular formula is C17H14INO5. The van der Waals surface area contributed by atoms with Gasteiger partial charge in [-0.25, -0.2) is 4.90 Å². The molecule has 2 amide bonds. The fourth-order valence-electron chi connectivity index (χ4n) is 3.73. The van der Waals surface area contributed by atoms with E-state index in [1.807, 2.05) is 12.1 Å². The highest BCUT2D eigenvalue weighted by atomic mass is 127. The molecule has 2 saturated heterocycles. The second-order valence-electron chi connectivity index (χ2n) is 6.17. The van der Waals surface area contributed by atoms with Crippen LogP contribution in [0.2, 0.25) is 0 Å². The fourth-order valence-corrected chi connectivity index (χ4v) is 4.09. The highest BCUT2D eigenvalue weighted by Crippen LogP contribution is 2.52. The van der Waals surface area contributed by atoms with E-state index in [-0.39, 0.29) is 18.4 Å². The highest BCUT2D eigenvalue weighted by Gasteiger charge is 2.68. The maximum atomic E-state index is 13.0. The summed E-state index contributed by atoms with van der Waals surface area (Å²) in [4.78, 5) is 38.2. The van der Waals surface area contributed by atoms with Crippen molar-refractivity contribution in [3.05, 3.63) is 40.0 Å². The van der Waals surface area contributed by atoms with Crippen molar-refractivity contribution in [2.45, 2.75) is 18.6 Å². The summed E-state index contributed by atoms with van der Waals surface area (Å²) in [5, 5.41) is 0. The molecule has 0 aliphatic carbocycles. The van der Waals surface area contributed by atoms with Crippen LogP contribution in [-0.2, 0) is 23.9 Å². The third-order valence-electron chi connectivity index (χ3n) is 4.74. The lowest BCUT2D eigenvalue weighted by molar-refractivity contribution is -0.150. The maximum Gasteiger partial charge on any atom is 0.302 e. The quantitative estimate of drug-likeness (QED) is 0.310. The summed E-state index contributed by atoms with van der Waals surface area (Å²) < 4.78 is 12.0. The SMILES string of the molecule is CC(=O)OC[C@@]12C=C[C@@H](O1)[C@@H]1C(=O)N(c3ccc(I)cc3)C(=O)[C@H]12. The zero-order chi connectivity index (χ0) is 17.1. The zero-order valence-electron chi connectivity index (χ0n) is 12.8. The fraction of sp³-hybridized carbons (Fsp3) is 0.353. The molecule has 6 nitrogen and oxygen atoms in total. The van der Waals surface area contributed by atoms with E-state index in [4.69, 9.17) is 9.47 Å². The van der Waals surface area contributed by atoms with Crippen molar-refractivity contribution in [2.24, 2.45) is 11.8 Å². The first-order valence-corrected chi connectivity index (χ1v) is 8.65. The Balaban J connectivity index is 1.69. The molecule has 3 aliphatic heterocycles. The van der Waals surface area contributed by atoms with E-state index >= 15 is 0 Å². The van der Waals surface area contributed by atoms with Crippen LogP contribution in [0.5, 0.6) is 0 Å². The van der Waals surface area contributed by atoms with Crippen LogP contribution in [0.3, 0.4) is 0 Å². The molecule has 7 heteroatoms. The molecule has 0 spiro atoms. The van der Waals surface area contributed by atoms with Gasteiger partial charge in [-0.1, -0.05) is 6.08 Å². The molecule has 0 unspecified atom stereocenters. The molecule has 124 valence electrons. The van der Waals surface area contributed by atoms with Gasteiger partial charge in [-0.3, -0.25) is 14.4 Å². The second kappa shape index (κ2) is 5.38. The van der Waals surface area contributed by atoms with Crippen molar-refractivity contribution in [1.82, 2.24) is 0 Å². The Morgan fingerprint density at radius 2 is 2.00 bits per heavy atom. The van der Waals surface area contributed by atoms with Gasteiger partial charge in [0, 0.05) is 10.5 Å². The number of benzene rings is 1. The molecule has 1 aromatic rings. The van der Waals surface area contributed by atoms with Crippen molar-refractivity contribution < 1.29 is 23.9 Å². The molecule has 2 bridgehead atoms. The third-order valence-corrected chi connectivity index (χ3v) is 5.46. The summed E-state index contributed by atoms with van der Waals surface area (Å²) in [5.41, 5.74) is -0.479. The summed E-state index contributed by atoms with van der Waals surface area (Å²) in [6.45, 7) is 1.24. The van der Waals surface area contributed by atoms with Gasteiger partial charge >= 0.3 is 5.97 Å². The normalized spacial score (nSPS) is 33.2. The Hall–Kier alpha value is -1.74. The Bertz CT molecular complexity index is 774. The van der Waals surface area contributed by atoms with Crippen LogP contribution in [0.25, 0.3) is 0 Å². The molecule has 0 N–H and O–H groups in total. The molecule has 3 heterocycles. The van der Waals surface area contributed by atoms with Crippen molar-refractivity contribution >= 4 is 46.1 Å². The minimum Gasteiger partial charge on any atom is -0.462 e. The van der Waals surface area contributed by atoms with Gasteiger partial charge < -0.3 is 9.47 Å². The van der Waals surface area contributed by atoms with Crippen molar-refractivity contribution in [1.29, 1.82) is 0 Å². The lowest BCUT2D eigenvalue weighted by Gasteiger charge is -2.28. The van der Waals surface area contributed by atoms with Crippen LogP contribution in [0.1, 0.15) is 6.92 Å². The van der Waals surface area contributed by atoms with Crippen molar-refractivity contribution in [2.75, 3.05) is 11.5 Å². The molecule has 4 atom stereocenters. The van der Waals surface area contributed by atoms with Gasteiger partial charge in [-0.2, -0.15) is 0 Å². The first-order chi connectivity index (χ1) is 11.4. The molecule has 24 heavy (non-hydrogen) atoms. The summed E-state index contributed by atoms with van der Waals surface area (Å²) in [7, 11) is 0. The average Bonchev–Trinajstić information content (AvgIpc) is 3.18. The van der Waals surface area contributed by atoms with Gasteiger partial charge in [-0.05, 0) is 52.9 Å². The number of hydrogen-bond acceptors (Lipinski definition) is 5. The highest BCUT2D eigenvalue weighted by molar-refractivity contribution is 14.1. The van der Waals surface area contributed by atoms with Crippen LogP contribution < -0.4 is 4.90 Å². The van der Waals surface area contributed by atoms with Crippen LogP contribution in [-0.4, -0.2) is 36.1 Å². The Morgan fingerprint density at radius 1 is 1.29 bits per heavy atom. The number of carbonyl (C=O) groups is 3. The first-order valence-electron chi connectivity index (χ1n) is 7.57.